The molecule has 0 aromatic carbocycles. The minimum atomic E-state index is -6.17. The van der Waals surface area contributed by atoms with Gasteiger partial charge in [-0.2, -0.15) is 12.9 Å². The van der Waals surface area contributed by atoms with E-state index in [9.17, 15) is 53.2 Å². The van der Waals surface area contributed by atoms with Gasteiger partial charge in [0.05, 0.1) is 31.8 Å². The van der Waals surface area contributed by atoms with Crippen molar-refractivity contribution in [1.82, 2.24) is 39.0 Å². The average molecular weight is 920 g/mol. The highest BCUT2D eigenvalue weighted by molar-refractivity contribution is 7.79. The molecule has 2 saturated heterocycles. The summed E-state index contributed by atoms with van der Waals surface area (Å²) in [6.45, 7) is -2.01. The monoisotopic (exact) mass is 919 g/mol. The first kappa shape index (κ1) is 44.9. The molecular weight excluding hydrogens is 882 g/mol. The lowest BCUT2D eigenvalue weighted by Gasteiger charge is -2.21. The molecule has 0 radical (unpaired) electrons. The van der Waals surface area contributed by atoms with Gasteiger partial charge < -0.3 is 50.1 Å². The van der Waals surface area contributed by atoms with Crippen molar-refractivity contribution in [1.29, 1.82) is 0 Å². The number of phosphoric acid groups is 4. The Hall–Kier alpha value is -2.65. The summed E-state index contributed by atoms with van der Waals surface area (Å²) in [5.74, 6) is 0.487. The van der Waals surface area contributed by atoms with Crippen molar-refractivity contribution >= 4 is 77.0 Å². The number of phosphoric ester groups is 2. The standard InChI is InChI=1S/C26H37N9O18P4S/c27-23-20-25(31-12-29-23)34(13-32-20)19-7-15(36)16(49-19)9-47-54(39,40)51-56(43,44)53-57(45,46)52-55(41,42)48-10-17-21(37)22(38)26(50-17)35-14-8-28-11-30-24(14)33-18(35)5-3-1-2-4-6-58/h6,8,11-13,15-17,19,21-22,26,36-38H,1-5,7,9-10H2,(H,39,40)(H,41,42)(H,43,44)(H,45,46)(H2,27,29,31)/t15-,16+,17+,19-,21+,22+,26-/m0/s1. The number of ether oxygens (including phenoxy) is 2. The second kappa shape index (κ2) is 18.1. The first-order valence-corrected chi connectivity index (χ1v) is 23.4. The second-order valence-electron chi connectivity index (χ2n) is 12.7. The van der Waals surface area contributed by atoms with Crippen LogP contribution in [0.1, 0.15) is 50.4 Å². The van der Waals surface area contributed by atoms with Gasteiger partial charge in [-0.25, -0.2) is 48.2 Å². The lowest BCUT2D eigenvalue weighted by atomic mass is 10.1. The SMILES string of the molecule is Nc1ncnc2c1ncn2[C@@H]1C[C@H](O)[C@@H](COP(=O)(O)OP(=O)(O)OP(=O)(O)OP(=O)(O)OC[C@H]2O[C@H](n3c(CCCCCC=S)nc4ncncc43)[C@H](O)[C@@H]2O)O1. The van der Waals surface area contributed by atoms with Crippen LogP contribution in [0.15, 0.2) is 25.2 Å². The highest BCUT2D eigenvalue weighted by Gasteiger charge is 2.49. The van der Waals surface area contributed by atoms with E-state index in [1.165, 1.54) is 34.3 Å². The topological polar surface area (TPSA) is 388 Å². The number of aliphatic hydroxyl groups excluding tert-OH is 3. The number of aromatic nitrogens is 8. The maximum absolute atomic E-state index is 12.6. The van der Waals surface area contributed by atoms with Gasteiger partial charge in [0, 0.05) is 12.8 Å². The molecule has 4 aromatic rings. The third-order valence-electron chi connectivity index (χ3n) is 8.58. The first-order valence-electron chi connectivity index (χ1n) is 16.9. The van der Waals surface area contributed by atoms with Crippen molar-refractivity contribution in [2.45, 2.75) is 81.5 Å². The van der Waals surface area contributed by atoms with Crippen LogP contribution in [0, 0.1) is 0 Å². The Balaban J connectivity index is 1.01. The number of anilines is 1. The molecular formula is C26H37N9O18P4S. The number of rotatable bonds is 20. The predicted molar refractivity (Wildman–Crippen MR) is 196 cm³/mol. The zero-order valence-corrected chi connectivity index (χ0v) is 34.0. The van der Waals surface area contributed by atoms with Crippen molar-refractivity contribution in [3.8, 4) is 0 Å². The summed E-state index contributed by atoms with van der Waals surface area (Å²) in [5.41, 5.74) is 6.84. The Morgan fingerprint density at radius 3 is 2.21 bits per heavy atom. The summed E-state index contributed by atoms with van der Waals surface area (Å²) in [6, 6.07) is 0. The molecule has 320 valence electrons. The number of hydrogen-bond acceptors (Lipinski definition) is 22. The zero-order valence-electron chi connectivity index (χ0n) is 29.6. The summed E-state index contributed by atoms with van der Waals surface area (Å²) >= 11 is 4.85. The van der Waals surface area contributed by atoms with E-state index in [2.05, 4.69) is 51.9 Å². The smallest absolute Gasteiger partial charge is 0.390 e. The fourth-order valence-corrected chi connectivity index (χ4v) is 11.2. The molecule has 0 spiro atoms. The average Bonchev–Trinajstić information content (AvgIpc) is 3.89. The number of fused-ring (bicyclic) bond motifs is 2. The van der Waals surface area contributed by atoms with Gasteiger partial charge in [0.1, 0.15) is 60.2 Å². The molecule has 32 heteroatoms. The number of aryl methyl sites for hydroxylation is 1. The van der Waals surface area contributed by atoms with E-state index in [4.69, 9.17) is 27.4 Å². The van der Waals surface area contributed by atoms with Crippen LogP contribution in [0.25, 0.3) is 22.3 Å². The minimum absolute atomic E-state index is 0.0718. The van der Waals surface area contributed by atoms with Crippen LogP contribution in [0.4, 0.5) is 5.82 Å². The van der Waals surface area contributed by atoms with Crippen molar-refractivity contribution in [3.63, 3.8) is 0 Å². The van der Waals surface area contributed by atoms with Crippen molar-refractivity contribution in [2.75, 3.05) is 18.9 Å². The van der Waals surface area contributed by atoms with Crippen LogP contribution >= 0.6 is 43.5 Å². The number of hydrogen-bond donors (Lipinski definition) is 8. The van der Waals surface area contributed by atoms with Gasteiger partial charge in [0.15, 0.2) is 23.3 Å². The Bertz CT molecular complexity index is 2310. The summed E-state index contributed by atoms with van der Waals surface area (Å²) < 4.78 is 85.5. The zero-order chi connectivity index (χ0) is 42.0. The Morgan fingerprint density at radius 1 is 0.845 bits per heavy atom. The molecule has 4 unspecified atom stereocenters. The molecule has 6 rings (SSSR count). The predicted octanol–water partition coefficient (Wildman–Crippen LogP) is 1.10. The van der Waals surface area contributed by atoms with Gasteiger partial charge in [-0.3, -0.25) is 18.2 Å². The van der Waals surface area contributed by atoms with Crippen LogP contribution < -0.4 is 5.73 Å². The van der Waals surface area contributed by atoms with Crippen molar-refractivity contribution < 1.29 is 84.6 Å². The van der Waals surface area contributed by atoms with Crippen molar-refractivity contribution in [3.05, 3.63) is 31.0 Å². The number of nitrogen functional groups attached to an aromatic ring is 1. The number of nitrogens with zero attached hydrogens (tertiary/aromatic N) is 8. The maximum Gasteiger partial charge on any atom is 0.490 e. The van der Waals surface area contributed by atoms with Gasteiger partial charge in [-0.15, -0.1) is 0 Å². The molecule has 6 heterocycles. The maximum atomic E-state index is 12.6. The van der Waals surface area contributed by atoms with E-state index >= 15 is 0 Å². The fraction of sp³-hybridized carbons (Fsp3) is 0.577. The van der Waals surface area contributed by atoms with E-state index in [0.29, 0.717) is 24.2 Å². The molecule has 27 nitrogen and oxygen atoms in total. The lowest BCUT2D eigenvalue weighted by molar-refractivity contribution is -0.0513. The minimum Gasteiger partial charge on any atom is -0.390 e. The van der Waals surface area contributed by atoms with Gasteiger partial charge >= 0.3 is 31.3 Å². The molecule has 4 aromatic heterocycles. The molecule has 0 aliphatic carbocycles. The molecule has 58 heavy (non-hydrogen) atoms. The molecule has 0 amide bonds. The summed E-state index contributed by atoms with van der Waals surface area (Å²) in [6.07, 6.45) is -1.47. The third kappa shape index (κ3) is 10.8. The van der Waals surface area contributed by atoms with Gasteiger partial charge in [-0.1, -0.05) is 18.6 Å². The highest BCUT2D eigenvalue weighted by Crippen LogP contribution is 2.71. The molecule has 0 saturated carbocycles. The van der Waals surface area contributed by atoms with Gasteiger partial charge in [0.2, 0.25) is 0 Å². The van der Waals surface area contributed by atoms with Crippen LogP contribution in [-0.4, -0.2) is 123 Å². The van der Waals surface area contributed by atoms with E-state index in [-0.39, 0.29) is 29.0 Å². The second-order valence-corrected chi connectivity index (χ2v) is 19.2. The summed E-state index contributed by atoms with van der Waals surface area (Å²) in [4.78, 5) is 64.6. The molecule has 9 N–H and O–H groups in total. The van der Waals surface area contributed by atoms with Gasteiger partial charge in [-0.05, 0) is 24.6 Å². The van der Waals surface area contributed by atoms with E-state index in [1.807, 2.05) is 0 Å². The fourth-order valence-electron chi connectivity index (χ4n) is 6.04. The molecule has 2 fully saturated rings. The Labute approximate surface area is 331 Å². The van der Waals surface area contributed by atoms with Crippen LogP contribution in [-0.2, 0) is 56.1 Å². The van der Waals surface area contributed by atoms with E-state index in [1.54, 1.807) is 5.37 Å². The number of imidazole rings is 2. The summed E-state index contributed by atoms with van der Waals surface area (Å²) in [5, 5.41) is 33.7. The van der Waals surface area contributed by atoms with Crippen molar-refractivity contribution in [2.24, 2.45) is 0 Å². The van der Waals surface area contributed by atoms with Gasteiger partial charge in [0.25, 0.3) is 0 Å². The molecule has 11 atom stereocenters. The highest BCUT2D eigenvalue weighted by atomic mass is 32.1. The number of thiocarbonyl (C=S) groups is 1. The largest absolute Gasteiger partial charge is 0.490 e. The number of nitrogens with two attached hydrogens (primary N) is 1. The molecule has 0 bridgehead atoms. The summed E-state index contributed by atoms with van der Waals surface area (Å²) in [7, 11) is -23.7. The Kier molecular flexibility index (Phi) is 14.0. The van der Waals surface area contributed by atoms with E-state index in [0.717, 1.165) is 19.3 Å². The molecule has 2 aliphatic heterocycles. The Morgan fingerprint density at radius 2 is 1.52 bits per heavy atom. The normalized spacial score (nSPS) is 27.9. The first-order chi connectivity index (χ1) is 27.3. The number of aliphatic hydroxyl groups is 3. The van der Waals surface area contributed by atoms with Crippen LogP contribution in [0.2, 0.25) is 0 Å². The molecule has 2 aliphatic rings. The third-order valence-corrected chi connectivity index (χ3v) is 14.7. The van der Waals surface area contributed by atoms with E-state index < -0.39 is 87.5 Å². The quantitative estimate of drug-likeness (QED) is 0.0349. The van der Waals surface area contributed by atoms with Crippen LogP contribution in [0.5, 0.6) is 0 Å². The van der Waals surface area contributed by atoms with Crippen LogP contribution in [0.3, 0.4) is 0 Å². The lowest BCUT2D eigenvalue weighted by Crippen LogP contribution is -2.33. The number of unbranched alkanes of at least 4 members (excludes halogenated alkanes) is 3.